The first-order chi connectivity index (χ1) is 6.52. The normalized spacial score (nSPS) is 11.1. The van der Waals surface area contributed by atoms with Gasteiger partial charge in [-0.15, -0.1) is 11.3 Å². The molecule has 14 heavy (non-hydrogen) atoms. The number of aryl methyl sites for hydroxylation is 3. The highest BCUT2D eigenvalue weighted by atomic mass is 32.1. The fourth-order valence-corrected chi connectivity index (χ4v) is 2.59. The minimum Gasteiger partial charge on any atom is -0.383 e. The number of thiophene rings is 1. The zero-order valence-electron chi connectivity index (χ0n) is 8.29. The Morgan fingerprint density at radius 1 is 1.43 bits per heavy atom. The Morgan fingerprint density at radius 2 is 2.07 bits per heavy atom. The van der Waals surface area contributed by atoms with E-state index >= 15 is 0 Å². The molecule has 2 aromatic heterocycles. The van der Waals surface area contributed by atoms with E-state index in [1.165, 1.54) is 9.44 Å². The number of anilines is 1. The summed E-state index contributed by atoms with van der Waals surface area (Å²) in [7, 11) is 1.71. The van der Waals surface area contributed by atoms with Crippen LogP contribution in [0.4, 0.5) is 5.82 Å². The van der Waals surface area contributed by atoms with Crippen molar-refractivity contribution in [3.8, 4) is 0 Å². The van der Waals surface area contributed by atoms with Crippen molar-refractivity contribution in [3.05, 3.63) is 20.9 Å². The van der Waals surface area contributed by atoms with Gasteiger partial charge in [0.05, 0.1) is 5.39 Å². The van der Waals surface area contributed by atoms with Gasteiger partial charge in [-0.05, 0) is 19.4 Å². The van der Waals surface area contributed by atoms with Gasteiger partial charge in [0.15, 0.2) is 0 Å². The first-order valence-electron chi connectivity index (χ1n) is 4.24. The Morgan fingerprint density at radius 3 is 2.71 bits per heavy atom. The van der Waals surface area contributed by atoms with Crippen LogP contribution in [0.3, 0.4) is 0 Å². The molecule has 2 N–H and O–H groups in total. The van der Waals surface area contributed by atoms with Gasteiger partial charge in [0.1, 0.15) is 10.6 Å². The van der Waals surface area contributed by atoms with Gasteiger partial charge in [0, 0.05) is 11.9 Å². The summed E-state index contributed by atoms with van der Waals surface area (Å²) in [5.41, 5.74) is 6.54. The highest BCUT2D eigenvalue weighted by Crippen LogP contribution is 2.31. The number of rotatable bonds is 0. The number of hydrogen-bond donors (Lipinski definition) is 1. The Balaban J connectivity index is 3.09. The Hall–Kier alpha value is -1.36. The molecule has 0 spiro atoms. The van der Waals surface area contributed by atoms with Gasteiger partial charge in [0.25, 0.3) is 0 Å². The molecule has 0 bridgehead atoms. The minimum absolute atomic E-state index is 0.295. The van der Waals surface area contributed by atoms with E-state index in [4.69, 9.17) is 5.73 Å². The van der Waals surface area contributed by atoms with Crippen LogP contribution < -0.4 is 11.4 Å². The molecule has 0 aromatic carbocycles. The molecule has 0 saturated heterocycles. The predicted molar refractivity (Wildman–Crippen MR) is 58.7 cm³/mol. The lowest BCUT2D eigenvalue weighted by Crippen LogP contribution is -2.20. The molecule has 2 aromatic rings. The lowest BCUT2D eigenvalue weighted by molar-refractivity contribution is 0.863. The first-order valence-corrected chi connectivity index (χ1v) is 5.06. The van der Waals surface area contributed by atoms with Crippen molar-refractivity contribution in [1.82, 2.24) is 9.55 Å². The van der Waals surface area contributed by atoms with E-state index in [9.17, 15) is 4.79 Å². The molecular formula is C9H11N3OS. The van der Waals surface area contributed by atoms with Gasteiger partial charge in [-0.1, -0.05) is 0 Å². The van der Waals surface area contributed by atoms with Crippen LogP contribution in [-0.4, -0.2) is 9.55 Å². The number of aromatic nitrogens is 2. The third-order valence-electron chi connectivity index (χ3n) is 2.43. The maximum Gasteiger partial charge on any atom is 0.350 e. The van der Waals surface area contributed by atoms with Crippen molar-refractivity contribution in [2.75, 3.05) is 5.73 Å². The number of hydrogen-bond acceptors (Lipinski definition) is 4. The van der Waals surface area contributed by atoms with Crippen LogP contribution in [-0.2, 0) is 7.05 Å². The van der Waals surface area contributed by atoms with E-state index in [1.807, 2.05) is 13.8 Å². The Kier molecular flexibility index (Phi) is 1.85. The fourth-order valence-electron chi connectivity index (χ4n) is 1.47. The fraction of sp³-hybridized carbons (Fsp3) is 0.333. The van der Waals surface area contributed by atoms with Crippen molar-refractivity contribution in [2.24, 2.45) is 7.05 Å². The second-order valence-corrected chi connectivity index (χ2v) is 4.51. The molecule has 74 valence electrons. The molecule has 5 heteroatoms. The van der Waals surface area contributed by atoms with Gasteiger partial charge >= 0.3 is 5.69 Å². The maximum atomic E-state index is 11.4. The molecular weight excluding hydrogens is 198 g/mol. The lowest BCUT2D eigenvalue weighted by Gasteiger charge is -2.00. The molecule has 0 aliphatic heterocycles. The molecule has 2 heterocycles. The molecule has 0 amide bonds. The molecule has 4 nitrogen and oxygen atoms in total. The van der Waals surface area contributed by atoms with Crippen LogP contribution in [0.25, 0.3) is 10.2 Å². The molecule has 0 aliphatic carbocycles. The van der Waals surface area contributed by atoms with Crippen LogP contribution in [0.1, 0.15) is 10.4 Å². The second kappa shape index (κ2) is 2.81. The summed E-state index contributed by atoms with van der Waals surface area (Å²) in [5.74, 6) is 0.338. The quantitative estimate of drug-likeness (QED) is 0.709. The summed E-state index contributed by atoms with van der Waals surface area (Å²) in [5, 5.41) is 0.912. The topological polar surface area (TPSA) is 60.9 Å². The van der Waals surface area contributed by atoms with Crippen molar-refractivity contribution in [1.29, 1.82) is 0 Å². The number of nitrogen functional groups attached to an aromatic ring is 1. The predicted octanol–water partition coefficient (Wildman–Crippen LogP) is 1.19. The van der Waals surface area contributed by atoms with Crippen LogP contribution >= 0.6 is 11.3 Å². The minimum atomic E-state index is -0.295. The Labute approximate surface area is 85.0 Å². The third-order valence-corrected chi connectivity index (χ3v) is 3.71. The summed E-state index contributed by atoms with van der Waals surface area (Å²) in [6.07, 6.45) is 0. The Bertz CT molecular complexity index is 567. The number of nitrogens with two attached hydrogens (primary N) is 1. The van der Waals surface area contributed by atoms with Crippen LogP contribution in [0.2, 0.25) is 0 Å². The number of nitrogens with zero attached hydrogens (tertiary/aromatic N) is 2. The highest BCUT2D eigenvalue weighted by Gasteiger charge is 2.12. The van der Waals surface area contributed by atoms with Crippen LogP contribution in [0.15, 0.2) is 4.79 Å². The lowest BCUT2D eigenvalue weighted by atomic mass is 10.2. The van der Waals surface area contributed by atoms with Crippen molar-refractivity contribution >= 4 is 27.4 Å². The first kappa shape index (κ1) is 9.21. The molecule has 0 radical (unpaired) electrons. The average molecular weight is 209 g/mol. The third kappa shape index (κ3) is 1.05. The van der Waals surface area contributed by atoms with Gasteiger partial charge in [0.2, 0.25) is 0 Å². The molecule has 0 unspecified atom stereocenters. The van der Waals surface area contributed by atoms with E-state index < -0.39 is 0 Å². The number of fused-ring (bicyclic) bond motifs is 1. The van der Waals surface area contributed by atoms with Crippen LogP contribution in [0.5, 0.6) is 0 Å². The van der Waals surface area contributed by atoms with E-state index in [0.29, 0.717) is 5.82 Å². The van der Waals surface area contributed by atoms with Crippen molar-refractivity contribution in [2.45, 2.75) is 13.8 Å². The monoisotopic (exact) mass is 209 g/mol. The smallest absolute Gasteiger partial charge is 0.350 e. The molecule has 2 rings (SSSR count). The van der Waals surface area contributed by atoms with Gasteiger partial charge < -0.3 is 5.73 Å². The zero-order valence-corrected chi connectivity index (χ0v) is 9.10. The summed E-state index contributed by atoms with van der Waals surface area (Å²) in [6, 6.07) is 0. The van der Waals surface area contributed by atoms with E-state index in [1.54, 1.807) is 18.4 Å². The maximum absolute atomic E-state index is 11.4. The van der Waals surface area contributed by atoms with Gasteiger partial charge in [-0.25, -0.2) is 4.79 Å². The second-order valence-electron chi connectivity index (χ2n) is 3.30. The molecule has 0 fully saturated rings. The highest BCUT2D eigenvalue weighted by molar-refractivity contribution is 7.18. The average Bonchev–Trinajstić information content (AvgIpc) is 2.40. The van der Waals surface area contributed by atoms with Gasteiger partial charge in [-0.3, -0.25) is 4.57 Å². The standard InChI is InChI=1S/C9H11N3OS/c1-4-5(2)14-8-6(4)7(10)11-9(13)12(8)3/h1-3H3,(H2,10,11,13). The summed E-state index contributed by atoms with van der Waals surface area (Å²) >= 11 is 1.58. The summed E-state index contributed by atoms with van der Waals surface area (Å²) in [6.45, 7) is 4.01. The van der Waals surface area contributed by atoms with E-state index in [0.717, 1.165) is 15.8 Å². The largest absolute Gasteiger partial charge is 0.383 e. The SMILES string of the molecule is Cc1sc2c(c(N)nc(=O)n2C)c1C. The van der Waals surface area contributed by atoms with Crippen LogP contribution in [0, 0.1) is 13.8 Å². The molecule has 0 atom stereocenters. The molecule has 0 aliphatic rings. The van der Waals surface area contributed by atoms with Gasteiger partial charge in [-0.2, -0.15) is 4.98 Å². The summed E-state index contributed by atoms with van der Waals surface area (Å²) < 4.78 is 1.54. The molecule has 0 saturated carbocycles. The van der Waals surface area contributed by atoms with E-state index in [2.05, 4.69) is 4.98 Å². The van der Waals surface area contributed by atoms with E-state index in [-0.39, 0.29) is 5.69 Å². The summed E-state index contributed by atoms with van der Waals surface area (Å²) in [4.78, 5) is 17.2. The zero-order chi connectivity index (χ0) is 10.5. The van der Waals surface area contributed by atoms with Crippen molar-refractivity contribution < 1.29 is 0 Å². The van der Waals surface area contributed by atoms with Crippen molar-refractivity contribution in [3.63, 3.8) is 0 Å².